The number of carbonyl (C=O) groups is 1. The average Bonchev–Trinajstić information content (AvgIpc) is 3.04. The molecule has 0 spiro atoms. The molecular weight excluding hydrogens is 338 g/mol. The normalized spacial score (nSPS) is 11.8. The molecule has 0 fully saturated rings. The third-order valence-electron chi connectivity index (χ3n) is 3.69. The number of hydrogen-bond donors (Lipinski definition) is 2. The number of rotatable bonds is 6. The molecule has 130 valence electrons. The number of thiazole rings is 1. The minimum Gasteiger partial charge on any atom is -0.497 e. The Balaban J connectivity index is 1.70. The first-order chi connectivity index (χ1) is 12.1. The van der Waals surface area contributed by atoms with Gasteiger partial charge in [-0.2, -0.15) is 0 Å². The summed E-state index contributed by atoms with van der Waals surface area (Å²) in [7, 11) is 3.13. The zero-order valence-electron chi connectivity index (χ0n) is 14.2. The summed E-state index contributed by atoms with van der Waals surface area (Å²) in [5.74, 6) is 1.03. The Kier molecular flexibility index (Phi) is 5.04. The second kappa shape index (κ2) is 7.40. The van der Waals surface area contributed by atoms with E-state index in [1.54, 1.807) is 39.3 Å². The molecule has 25 heavy (non-hydrogen) atoms. The number of para-hydroxylation sites is 1. The third kappa shape index (κ3) is 3.83. The molecule has 0 aliphatic heterocycles. The van der Waals surface area contributed by atoms with E-state index in [0.717, 1.165) is 10.2 Å². The van der Waals surface area contributed by atoms with Crippen LogP contribution in [0.15, 0.2) is 42.5 Å². The lowest BCUT2D eigenvalue weighted by Crippen LogP contribution is -2.31. The molecule has 3 rings (SSSR count). The van der Waals surface area contributed by atoms with Crippen molar-refractivity contribution >= 4 is 38.3 Å². The van der Waals surface area contributed by atoms with Gasteiger partial charge >= 0.3 is 0 Å². The van der Waals surface area contributed by atoms with E-state index in [1.807, 2.05) is 24.3 Å². The smallest absolute Gasteiger partial charge is 0.246 e. The summed E-state index contributed by atoms with van der Waals surface area (Å²) < 4.78 is 11.5. The molecule has 0 aliphatic carbocycles. The SMILES string of the molecule is COc1ccc(NC(=O)C(C)Nc2nc3ccccc3s2)c(OC)c1. The van der Waals surface area contributed by atoms with Crippen LogP contribution in [0, 0.1) is 0 Å². The molecule has 3 aromatic rings. The first kappa shape index (κ1) is 17.0. The number of nitrogens with zero attached hydrogens (tertiary/aromatic N) is 1. The Labute approximate surface area is 149 Å². The zero-order chi connectivity index (χ0) is 17.8. The van der Waals surface area contributed by atoms with E-state index >= 15 is 0 Å². The Morgan fingerprint density at radius 1 is 1.16 bits per heavy atom. The minimum absolute atomic E-state index is 0.178. The predicted molar refractivity (Wildman–Crippen MR) is 101 cm³/mol. The molecular formula is C18H19N3O3S. The van der Waals surface area contributed by atoms with Crippen LogP contribution in [0.1, 0.15) is 6.92 Å². The molecule has 0 bridgehead atoms. The van der Waals surface area contributed by atoms with Crippen LogP contribution >= 0.6 is 11.3 Å². The van der Waals surface area contributed by atoms with Gasteiger partial charge in [-0.25, -0.2) is 4.98 Å². The maximum Gasteiger partial charge on any atom is 0.246 e. The van der Waals surface area contributed by atoms with E-state index in [2.05, 4.69) is 15.6 Å². The van der Waals surface area contributed by atoms with E-state index in [4.69, 9.17) is 9.47 Å². The van der Waals surface area contributed by atoms with Crippen LogP contribution in [0.4, 0.5) is 10.8 Å². The second-order valence-electron chi connectivity index (χ2n) is 5.41. The molecule has 2 N–H and O–H groups in total. The van der Waals surface area contributed by atoms with Crippen molar-refractivity contribution in [2.45, 2.75) is 13.0 Å². The van der Waals surface area contributed by atoms with Crippen LogP contribution in [0.3, 0.4) is 0 Å². The van der Waals surface area contributed by atoms with Crippen LogP contribution in [-0.4, -0.2) is 31.2 Å². The average molecular weight is 357 g/mol. The molecule has 7 heteroatoms. The molecule has 1 unspecified atom stereocenters. The summed E-state index contributed by atoms with van der Waals surface area (Å²) in [5.41, 5.74) is 1.51. The van der Waals surface area contributed by atoms with Crippen LogP contribution < -0.4 is 20.1 Å². The van der Waals surface area contributed by atoms with Gasteiger partial charge in [0.15, 0.2) is 5.13 Å². The molecule has 6 nitrogen and oxygen atoms in total. The topological polar surface area (TPSA) is 72.5 Å². The predicted octanol–water partition coefficient (Wildman–Crippen LogP) is 3.75. The fourth-order valence-electron chi connectivity index (χ4n) is 2.33. The lowest BCUT2D eigenvalue weighted by Gasteiger charge is -2.15. The molecule has 1 atom stereocenters. The van der Waals surface area contributed by atoms with Gasteiger partial charge in [0.05, 0.1) is 30.1 Å². The molecule has 1 amide bonds. The fraction of sp³-hybridized carbons (Fsp3) is 0.222. The van der Waals surface area contributed by atoms with Crippen LogP contribution in [-0.2, 0) is 4.79 Å². The molecule has 0 radical (unpaired) electrons. The van der Waals surface area contributed by atoms with Crippen LogP contribution in [0.25, 0.3) is 10.2 Å². The summed E-state index contributed by atoms with van der Waals surface area (Å²) in [5, 5.41) is 6.72. The number of nitrogens with one attached hydrogen (secondary N) is 2. The number of benzene rings is 2. The maximum atomic E-state index is 12.5. The van der Waals surface area contributed by atoms with E-state index in [9.17, 15) is 4.79 Å². The maximum absolute atomic E-state index is 12.5. The summed E-state index contributed by atoms with van der Waals surface area (Å²) >= 11 is 1.52. The molecule has 0 saturated carbocycles. The van der Waals surface area contributed by atoms with E-state index in [0.29, 0.717) is 22.3 Å². The van der Waals surface area contributed by atoms with E-state index < -0.39 is 6.04 Å². The number of methoxy groups -OCH3 is 2. The molecule has 2 aromatic carbocycles. The number of amides is 1. The summed E-state index contributed by atoms with van der Waals surface area (Å²) in [6, 6.07) is 12.7. The summed E-state index contributed by atoms with van der Waals surface area (Å²) in [4.78, 5) is 17.0. The molecule has 1 aromatic heterocycles. The lowest BCUT2D eigenvalue weighted by molar-refractivity contribution is -0.116. The summed E-state index contributed by atoms with van der Waals surface area (Å²) in [6.45, 7) is 1.79. The molecule has 0 aliphatic rings. The van der Waals surface area contributed by atoms with Crippen molar-refractivity contribution in [1.29, 1.82) is 0 Å². The van der Waals surface area contributed by atoms with Gasteiger partial charge in [0.1, 0.15) is 17.5 Å². The first-order valence-corrected chi connectivity index (χ1v) is 8.57. The molecule has 0 saturated heterocycles. The third-order valence-corrected chi connectivity index (χ3v) is 4.66. The minimum atomic E-state index is -0.452. The van der Waals surface area contributed by atoms with Gasteiger partial charge in [0.2, 0.25) is 5.91 Å². The van der Waals surface area contributed by atoms with Crippen molar-refractivity contribution in [2.24, 2.45) is 0 Å². The highest BCUT2D eigenvalue weighted by atomic mass is 32.1. The van der Waals surface area contributed by atoms with Crippen LogP contribution in [0.5, 0.6) is 11.5 Å². The van der Waals surface area contributed by atoms with Crippen LogP contribution in [0.2, 0.25) is 0 Å². The van der Waals surface area contributed by atoms with Gasteiger partial charge in [-0.1, -0.05) is 23.5 Å². The largest absolute Gasteiger partial charge is 0.497 e. The number of aromatic nitrogens is 1. The number of fused-ring (bicyclic) bond motifs is 1. The fourth-order valence-corrected chi connectivity index (χ4v) is 3.28. The number of ether oxygens (including phenoxy) is 2. The zero-order valence-corrected chi connectivity index (χ0v) is 15.0. The molecule has 1 heterocycles. The van der Waals surface area contributed by atoms with Gasteiger partial charge in [0, 0.05) is 6.07 Å². The van der Waals surface area contributed by atoms with Crippen molar-refractivity contribution in [3.8, 4) is 11.5 Å². The Morgan fingerprint density at radius 2 is 1.96 bits per heavy atom. The Hall–Kier alpha value is -2.80. The number of carbonyl (C=O) groups excluding carboxylic acids is 1. The van der Waals surface area contributed by atoms with Crippen molar-refractivity contribution in [3.05, 3.63) is 42.5 Å². The monoisotopic (exact) mass is 357 g/mol. The quantitative estimate of drug-likeness (QED) is 0.703. The Bertz CT molecular complexity index is 861. The highest BCUT2D eigenvalue weighted by Crippen LogP contribution is 2.29. The first-order valence-electron chi connectivity index (χ1n) is 7.75. The highest BCUT2D eigenvalue weighted by molar-refractivity contribution is 7.22. The van der Waals surface area contributed by atoms with Crippen molar-refractivity contribution in [2.75, 3.05) is 24.9 Å². The lowest BCUT2D eigenvalue weighted by atomic mass is 10.2. The van der Waals surface area contributed by atoms with E-state index in [-0.39, 0.29) is 5.91 Å². The van der Waals surface area contributed by atoms with E-state index in [1.165, 1.54) is 11.3 Å². The number of anilines is 2. The van der Waals surface area contributed by atoms with Gasteiger partial charge in [-0.3, -0.25) is 4.79 Å². The Morgan fingerprint density at radius 3 is 2.68 bits per heavy atom. The van der Waals surface area contributed by atoms with Gasteiger partial charge in [0.25, 0.3) is 0 Å². The van der Waals surface area contributed by atoms with Crippen molar-refractivity contribution < 1.29 is 14.3 Å². The second-order valence-corrected chi connectivity index (χ2v) is 6.44. The standard InChI is InChI=1S/C18H19N3O3S/c1-11(19-18-21-14-6-4-5-7-16(14)25-18)17(22)20-13-9-8-12(23-2)10-15(13)24-3/h4-11H,1-3H3,(H,19,21)(H,20,22). The highest BCUT2D eigenvalue weighted by Gasteiger charge is 2.17. The number of hydrogen-bond acceptors (Lipinski definition) is 6. The van der Waals surface area contributed by atoms with Crippen molar-refractivity contribution in [3.63, 3.8) is 0 Å². The van der Waals surface area contributed by atoms with Gasteiger partial charge in [-0.15, -0.1) is 0 Å². The summed E-state index contributed by atoms with van der Waals surface area (Å²) in [6.07, 6.45) is 0. The van der Waals surface area contributed by atoms with Crippen molar-refractivity contribution in [1.82, 2.24) is 4.98 Å². The van der Waals surface area contributed by atoms with Gasteiger partial charge < -0.3 is 20.1 Å². The van der Waals surface area contributed by atoms with Gasteiger partial charge in [-0.05, 0) is 31.2 Å².